The van der Waals surface area contributed by atoms with Crippen LogP contribution in [0.4, 0.5) is 0 Å². The number of carbonyl (C=O) groups is 2. The van der Waals surface area contributed by atoms with Crippen molar-refractivity contribution in [2.75, 3.05) is 20.8 Å². The van der Waals surface area contributed by atoms with E-state index < -0.39 is 60.1 Å². The second-order valence-corrected chi connectivity index (χ2v) is 11.1. The van der Waals surface area contributed by atoms with Gasteiger partial charge < -0.3 is 33.6 Å². The number of aryl methyl sites for hydroxylation is 1. The second-order valence-electron chi connectivity index (χ2n) is 11.1. The predicted molar refractivity (Wildman–Crippen MR) is 167 cm³/mol. The number of H-pyrrole nitrogens is 1. The van der Waals surface area contributed by atoms with Crippen LogP contribution >= 0.6 is 0 Å². The largest absolute Gasteiger partial charge is 1.00 e. The maximum atomic E-state index is 12.8. The van der Waals surface area contributed by atoms with Gasteiger partial charge in [0.15, 0.2) is 0 Å². The van der Waals surface area contributed by atoms with Gasteiger partial charge in [-0.2, -0.15) is 0 Å². The van der Waals surface area contributed by atoms with Gasteiger partial charge in [-0.1, -0.05) is 54.6 Å². The molecule has 1 aliphatic heterocycles. The summed E-state index contributed by atoms with van der Waals surface area (Å²) in [6, 6.07) is 24.5. The van der Waals surface area contributed by atoms with Crippen LogP contribution in [0, 0.1) is 6.92 Å². The third-order valence-electron chi connectivity index (χ3n) is 8.09. The Balaban J connectivity index is 0.00000520. The number of aromatic amines is 1. The Morgan fingerprint density at radius 3 is 2.00 bits per heavy atom. The number of benzene rings is 3. The minimum atomic E-state index is -1.38. The molecule has 48 heavy (non-hydrogen) atoms. The zero-order valence-electron chi connectivity index (χ0n) is 27.2. The van der Waals surface area contributed by atoms with E-state index in [1.165, 1.54) is 10.8 Å². The predicted octanol–water partition coefficient (Wildman–Crippen LogP) is -0.396. The number of rotatable bonds is 13. The molecule has 0 spiro atoms. The van der Waals surface area contributed by atoms with E-state index in [4.69, 9.17) is 23.7 Å². The Morgan fingerprint density at radius 1 is 0.896 bits per heavy atom. The summed E-state index contributed by atoms with van der Waals surface area (Å²) >= 11 is 0. The Bertz CT molecular complexity index is 1760. The van der Waals surface area contributed by atoms with Gasteiger partial charge in [0.2, 0.25) is 0 Å². The standard InChI is InChI=1S/C35H36N2O10.K/c1-22-20-37(34(42)36-33(22)41)30-19-28(47-32(40)18-17-31(38)39)29(46-30)21-45-35(23-7-5-4-6-8-23,24-9-13-26(43-2)14-10-24)25-11-15-27(44-3)16-12-25;/h4-16,20,28-30H,17-19,21H2,1-3H3,(H,38,39)(H,36,41,42);/q;+1/p-1/t28-,29+,30+;/m0./s1. The summed E-state index contributed by atoms with van der Waals surface area (Å²) < 4.78 is 31.0. The number of nitrogens with zero attached hydrogens (tertiary/aromatic N) is 1. The Hall–Kier alpha value is -3.56. The van der Waals surface area contributed by atoms with E-state index in [1.54, 1.807) is 21.1 Å². The third-order valence-corrected chi connectivity index (χ3v) is 8.09. The summed E-state index contributed by atoms with van der Waals surface area (Å²) in [5, 5.41) is 11.0. The number of ether oxygens (including phenoxy) is 5. The van der Waals surface area contributed by atoms with Gasteiger partial charge in [0, 0.05) is 24.2 Å². The van der Waals surface area contributed by atoms with Gasteiger partial charge in [0.25, 0.3) is 5.56 Å². The van der Waals surface area contributed by atoms with Crippen LogP contribution in [0.5, 0.6) is 11.5 Å². The first-order valence-electron chi connectivity index (χ1n) is 15.0. The van der Waals surface area contributed by atoms with Crippen molar-refractivity contribution in [3.63, 3.8) is 0 Å². The first-order chi connectivity index (χ1) is 22.6. The van der Waals surface area contributed by atoms with Gasteiger partial charge in [-0.3, -0.25) is 19.1 Å². The zero-order chi connectivity index (χ0) is 33.6. The molecule has 0 radical (unpaired) electrons. The van der Waals surface area contributed by atoms with Crippen molar-refractivity contribution in [3.8, 4) is 11.5 Å². The minimum Gasteiger partial charge on any atom is -0.550 e. The van der Waals surface area contributed by atoms with Crippen LogP contribution in [-0.4, -0.2) is 54.5 Å². The second kappa shape index (κ2) is 16.7. The van der Waals surface area contributed by atoms with Crippen molar-refractivity contribution >= 4 is 11.9 Å². The van der Waals surface area contributed by atoms with E-state index in [0.717, 1.165) is 16.7 Å². The summed E-state index contributed by atoms with van der Waals surface area (Å²) in [5.74, 6) is -0.850. The summed E-state index contributed by atoms with van der Waals surface area (Å²) in [4.78, 5) is 50.8. The summed E-state index contributed by atoms with van der Waals surface area (Å²) in [5.41, 5.74) is 0.178. The molecule has 246 valence electrons. The third kappa shape index (κ3) is 8.35. The van der Waals surface area contributed by atoms with Crippen LogP contribution in [0.15, 0.2) is 94.6 Å². The number of nitrogens with one attached hydrogen (secondary N) is 1. The van der Waals surface area contributed by atoms with E-state index in [2.05, 4.69) is 4.98 Å². The average molecular weight is 683 g/mol. The Labute approximate surface area is 319 Å². The molecule has 1 saturated heterocycles. The van der Waals surface area contributed by atoms with Crippen molar-refractivity contribution in [1.29, 1.82) is 0 Å². The fourth-order valence-corrected chi connectivity index (χ4v) is 5.66. The normalized spacial score (nSPS) is 17.3. The molecule has 0 amide bonds. The average Bonchev–Trinajstić information content (AvgIpc) is 3.48. The van der Waals surface area contributed by atoms with E-state index >= 15 is 0 Å². The van der Waals surface area contributed by atoms with Gasteiger partial charge in [0.1, 0.15) is 35.5 Å². The van der Waals surface area contributed by atoms with Gasteiger partial charge in [-0.15, -0.1) is 0 Å². The fraction of sp³-hybridized carbons (Fsp3) is 0.314. The molecule has 0 saturated carbocycles. The molecule has 1 N–H and O–H groups in total. The van der Waals surface area contributed by atoms with Crippen LogP contribution in [-0.2, 0) is 29.4 Å². The van der Waals surface area contributed by atoms with Crippen LogP contribution in [0.2, 0.25) is 0 Å². The smallest absolute Gasteiger partial charge is 0.550 e. The number of aromatic nitrogens is 2. The molecule has 13 heteroatoms. The van der Waals surface area contributed by atoms with Gasteiger partial charge >= 0.3 is 63.0 Å². The molecule has 2 heterocycles. The molecule has 3 atom stereocenters. The summed E-state index contributed by atoms with van der Waals surface area (Å²) in [6.45, 7) is 1.43. The van der Waals surface area contributed by atoms with Crippen LogP contribution in [0.3, 0.4) is 0 Å². The molecule has 4 aromatic rings. The molecule has 1 aliphatic rings. The minimum absolute atomic E-state index is 0. The van der Waals surface area contributed by atoms with Crippen molar-refractivity contribution in [2.45, 2.75) is 50.2 Å². The number of carbonyl (C=O) groups excluding carboxylic acids is 2. The van der Waals surface area contributed by atoms with Crippen molar-refractivity contribution in [3.05, 3.63) is 128 Å². The number of carboxylic acid groups (broad SMARTS) is 1. The maximum Gasteiger partial charge on any atom is 1.00 e. The topological polar surface area (TPSA) is 158 Å². The molecule has 0 bridgehead atoms. The first-order valence-corrected chi connectivity index (χ1v) is 15.0. The van der Waals surface area contributed by atoms with Crippen molar-refractivity contribution in [1.82, 2.24) is 9.55 Å². The molecule has 0 unspecified atom stereocenters. The Morgan fingerprint density at radius 2 is 1.46 bits per heavy atom. The van der Waals surface area contributed by atoms with E-state index in [-0.39, 0.29) is 70.0 Å². The zero-order valence-corrected chi connectivity index (χ0v) is 30.3. The van der Waals surface area contributed by atoms with Gasteiger partial charge in [0.05, 0.1) is 27.2 Å². The summed E-state index contributed by atoms with van der Waals surface area (Å²) in [6.07, 6.45) is -2.23. The van der Waals surface area contributed by atoms with E-state index in [1.807, 2.05) is 78.9 Å². The molecule has 12 nitrogen and oxygen atoms in total. The Kier molecular flexibility index (Phi) is 13.0. The SMILES string of the molecule is COc1ccc(C(OC[C@H]2O[C@@H](n3cc(C)c(=O)[nH]c3=O)C[C@@H]2OC(=O)CCC(=O)[O-])(c2ccccc2)c2ccc(OC)cc2)cc1.[K+]. The monoisotopic (exact) mass is 682 g/mol. The maximum absolute atomic E-state index is 12.8. The molecular formula is C35H35KN2O10. The molecule has 5 rings (SSSR count). The number of hydrogen-bond donors (Lipinski definition) is 1. The van der Waals surface area contributed by atoms with Crippen LogP contribution in [0.25, 0.3) is 0 Å². The van der Waals surface area contributed by atoms with E-state index in [0.29, 0.717) is 11.5 Å². The van der Waals surface area contributed by atoms with Crippen LogP contribution in [0.1, 0.15) is 47.7 Å². The molecule has 3 aromatic carbocycles. The number of esters is 1. The quantitative estimate of drug-likeness (QED) is 0.112. The molecule has 1 fully saturated rings. The number of carboxylic acids is 1. The summed E-state index contributed by atoms with van der Waals surface area (Å²) in [7, 11) is 3.16. The number of aliphatic carboxylic acids is 1. The van der Waals surface area contributed by atoms with Crippen LogP contribution < -0.4 is 77.2 Å². The van der Waals surface area contributed by atoms with Crippen molar-refractivity contribution < 1.29 is 89.8 Å². The van der Waals surface area contributed by atoms with Crippen molar-refractivity contribution in [2.24, 2.45) is 0 Å². The molecular weight excluding hydrogens is 647 g/mol. The van der Waals surface area contributed by atoms with Gasteiger partial charge in [-0.05, 0) is 54.3 Å². The number of hydrogen-bond acceptors (Lipinski definition) is 10. The van der Waals surface area contributed by atoms with Gasteiger partial charge in [-0.25, -0.2) is 4.79 Å². The van der Waals surface area contributed by atoms with E-state index in [9.17, 15) is 24.3 Å². The number of methoxy groups -OCH3 is 2. The first kappa shape index (κ1) is 37.3. The molecule has 1 aromatic heterocycles. The molecule has 0 aliphatic carbocycles. The fourth-order valence-electron chi connectivity index (χ4n) is 5.66.